The van der Waals surface area contributed by atoms with Crippen LogP contribution in [0.1, 0.15) is 23.2 Å². The van der Waals surface area contributed by atoms with Gasteiger partial charge in [0.15, 0.2) is 0 Å². The zero-order valence-electron chi connectivity index (χ0n) is 8.16. The van der Waals surface area contributed by atoms with Crippen molar-refractivity contribution in [3.8, 4) is 6.07 Å². The fraction of sp³-hybridized carbons (Fsp3) is 0.273. The average molecular weight is 267 g/mol. The summed E-state index contributed by atoms with van der Waals surface area (Å²) in [7, 11) is 0. The first kappa shape index (κ1) is 11.7. The van der Waals surface area contributed by atoms with E-state index < -0.39 is 0 Å². The van der Waals surface area contributed by atoms with Gasteiger partial charge in [0.1, 0.15) is 0 Å². The van der Waals surface area contributed by atoms with E-state index in [9.17, 15) is 4.79 Å². The van der Waals surface area contributed by atoms with E-state index >= 15 is 0 Å². The largest absolute Gasteiger partial charge is 0.352 e. The smallest absolute Gasteiger partial charge is 0.251 e. The molecule has 0 bridgehead atoms. The van der Waals surface area contributed by atoms with E-state index in [1.807, 2.05) is 18.2 Å². The van der Waals surface area contributed by atoms with Gasteiger partial charge in [0.05, 0.1) is 6.07 Å². The van der Waals surface area contributed by atoms with Gasteiger partial charge in [0.2, 0.25) is 0 Å². The van der Waals surface area contributed by atoms with Crippen molar-refractivity contribution >= 4 is 21.8 Å². The minimum atomic E-state index is -0.0968. The normalized spacial score (nSPS) is 9.33. The van der Waals surface area contributed by atoms with Crippen LogP contribution in [-0.4, -0.2) is 12.5 Å². The molecule has 78 valence electrons. The molecule has 1 N–H and O–H groups in total. The van der Waals surface area contributed by atoms with Crippen LogP contribution in [0.3, 0.4) is 0 Å². The Kier molecular flexibility index (Phi) is 4.85. The number of carbonyl (C=O) groups excluding carboxylic acids is 1. The number of benzene rings is 1. The fourth-order valence-electron chi connectivity index (χ4n) is 1.07. The van der Waals surface area contributed by atoms with E-state index in [4.69, 9.17) is 5.26 Å². The second-order valence-electron chi connectivity index (χ2n) is 3.02. The Bertz CT molecular complexity index is 367. The summed E-state index contributed by atoms with van der Waals surface area (Å²) < 4.78 is 0.948. The van der Waals surface area contributed by atoms with Gasteiger partial charge in [-0.05, 0) is 30.7 Å². The predicted octanol–water partition coefficient (Wildman–Crippen LogP) is 2.48. The molecule has 1 amide bonds. The molecule has 4 heteroatoms. The monoisotopic (exact) mass is 266 g/mol. The first-order chi connectivity index (χ1) is 7.24. The third kappa shape index (κ3) is 4.13. The van der Waals surface area contributed by atoms with Crippen LogP contribution in [0.4, 0.5) is 0 Å². The van der Waals surface area contributed by atoms with E-state index in [0.717, 1.165) is 4.47 Å². The number of nitrogens with one attached hydrogen (secondary N) is 1. The SMILES string of the molecule is N#CCCCNC(=O)c1ccc(Br)cc1. The predicted molar refractivity (Wildman–Crippen MR) is 61.3 cm³/mol. The van der Waals surface area contributed by atoms with E-state index in [-0.39, 0.29) is 5.91 Å². The molecule has 0 aliphatic heterocycles. The number of rotatable bonds is 4. The zero-order valence-corrected chi connectivity index (χ0v) is 9.75. The maximum Gasteiger partial charge on any atom is 0.251 e. The summed E-state index contributed by atoms with van der Waals surface area (Å²) in [6.45, 7) is 0.544. The van der Waals surface area contributed by atoms with Crippen LogP contribution in [0.15, 0.2) is 28.7 Å². The number of halogens is 1. The topological polar surface area (TPSA) is 52.9 Å². The first-order valence-electron chi connectivity index (χ1n) is 4.65. The zero-order chi connectivity index (χ0) is 11.1. The standard InChI is InChI=1S/C11H11BrN2O/c12-10-5-3-9(4-6-10)11(15)14-8-2-1-7-13/h3-6H,1-2,8H2,(H,14,15). The van der Waals surface area contributed by atoms with Crippen LogP contribution in [-0.2, 0) is 0 Å². The molecule has 0 aliphatic rings. The van der Waals surface area contributed by atoms with Crippen LogP contribution in [0, 0.1) is 11.3 Å². The third-order valence-corrected chi connectivity index (χ3v) is 2.39. The Hall–Kier alpha value is -1.34. The number of carbonyl (C=O) groups is 1. The molecule has 0 saturated carbocycles. The molecule has 0 radical (unpaired) electrons. The van der Waals surface area contributed by atoms with Crippen molar-refractivity contribution < 1.29 is 4.79 Å². The summed E-state index contributed by atoms with van der Waals surface area (Å²) in [4.78, 5) is 11.5. The highest BCUT2D eigenvalue weighted by atomic mass is 79.9. The van der Waals surface area contributed by atoms with Crippen molar-refractivity contribution in [2.75, 3.05) is 6.54 Å². The highest BCUT2D eigenvalue weighted by Crippen LogP contribution is 2.10. The summed E-state index contributed by atoms with van der Waals surface area (Å²) in [6, 6.07) is 9.19. The van der Waals surface area contributed by atoms with Gasteiger partial charge in [-0.1, -0.05) is 15.9 Å². The Morgan fingerprint density at radius 3 is 2.67 bits per heavy atom. The number of nitrogens with zero attached hydrogens (tertiary/aromatic N) is 1. The molecule has 0 spiro atoms. The molecule has 0 saturated heterocycles. The Morgan fingerprint density at radius 1 is 1.40 bits per heavy atom. The Morgan fingerprint density at radius 2 is 2.07 bits per heavy atom. The van der Waals surface area contributed by atoms with Crippen molar-refractivity contribution in [2.45, 2.75) is 12.8 Å². The number of amides is 1. The summed E-state index contributed by atoms with van der Waals surface area (Å²) in [5.41, 5.74) is 0.634. The molecule has 0 aromatic heterocycles. The van der Waals surface area contributed by atoms with Crippen molar-refractivity contribution in [1.29, 1.82) is 5.26 Å². The second-order valence-corrected chi connectivity index (χ2v) is 3.94. The van der Waals surface area contributed by atoms with Gasteiger partial charge in [-0.15, -0.1) is 0 Å². The first-order valence-corrected chi connectivity index (χ1v) is 5.44. The van der Waals surface area contributed by atoms with Crippen molar-refractivity contribution in [1.82, 2.24) is 5.32 Å². The van der Waals surface area contributed by atoms with E-state index in [0.29, 0.717) is 24.9 Å². The molecule has 3 nitrogen and oxygen atoms in total. The van der Waals surface area contributed by atoms with Crippen molar-refractivity contribution in [3.63, 3.8) is 0 Å². The highest BCUT2D eigenvalue weighted by Gasteiger charge is 2.03. The number of nitriles is 1. The van der Waals surface area contributed by atoms with Crippen LogP contribution < -0.4 is 5.32 Å². The molecule has 1 aromatic carbocycles. The minimum absolute atomic E-state index is 0.0968. The van der Waals surface area contributed by atoms with E-state index in [1.54, 1.807) is 12.1 Å². The van der Waals surface area contributed by atoms with Gasteiger partial charge in [0, 0.05) is 23.0 Å². The summed E-state index contributed by atoms with van der Waals surface area (Å²) in [5.74, 6) is -0.0968. The lowest BCUT2D eigenvalue weighted by atomic mass is 10.2. The quantitative estimate of drug-likeness (QED) is 0.852. The molecule has 0 aliphatic carbocycles. The molecule has 0 atom stereocenters. The molecule has 1 rings (SSSR count). The van der Waals surface area contributed by atoms with Gasteiger partial charge < -0.3 is 5.32 Å². The minimum Gasteiger partial charge on any atom is -0.352 e. The molecule has 0 fully saturated rings. The fourth-order valence-corrected chi connectivity index (χ4v) is 1.34. The third-order valence-electron chi connectivity index (χ3n) is 1.86. The lowest BCUT2D eigenvalue weighted by Crippen LogP contribution is -2.24. The van der Waals surface area contributed by atoms with Crippen LogP contribution in [0.2, 0.25) is 0 Å². The lowest BCUT2D eigenvalue weighted by molar-refractivity contribution is 0.0953. The van der Waals surface area contributed by atoms with Crippen molar-refractivity contribution in [3.05, 3.63) is 34.3 Å². The van der Waals surface area contributed by atoms with Crippen LogP contribution >= 0.6 is 15.9 Å². The lowest BCUT2D eigenvalue weighted by Gasteiger charge is -2.03. The summed E-state index contributed by atoms with van der Waals surface area (Å²) >= 11 is 3.30. The number of hydrogen-bond donors (Lipinski definition) is 1. The summed E-state index contributed by atoms with van der Waals surface area (Å²) in [6.07, 6.45) is 1.17. The van der Waals surface area contributed by atoms with Crippen molar-refractivity contribution in [2.24, 2.45) is 0 Å². The molecular formula is C11H11BrN2O. The van der Waals surface area contributed by atoms with Gasteiger partial charge >= 0.3 is 0 Å². The maximum absolute atomic E-state index is 11.5. The molecule has 0 heterocycles. The Balaban J connectivity index is 2.41. The van der Waals surface area contributed by atoms with Gasteiger partial charge in [-0.2, -0.15) is 5.26 Å². The van der Waals surface area contributed by atoms with Crippen LogP contribution in [0.25, 0.3) is 0 Å². The summed E-state index contributed by atoms with van der Waals surface area (Å²) in [5, 5.41) is 11.1. The number of hydrogen-bond acceptors (Lipinski definition) is 2. The van der Waals surface area contributed by atoms with Gasteiger partial charge in [0.25, 0.3) is 5.91 Å². The highest BCUT2D eigenvalue weighted by molar-refractivity contribution is 9.10. The maximum atomic E-state index is 11.5. The van der Waals surface area contributed by atoms with Gasteiger partial charge in [-0.3, -0.25) is 4.79 Å². The number of unbranched alkanes of at least 4 members (excludes halogenated alkanes) is 1. The average Bonchev–Trinajstić information content (AvgIpc) is 2.25. The molecular weight excluding hydrogens is 256 g/mol. The molecule has 15 heavy (non-hydrogen) atoms. The Labute approximate surface area is 97.2 Å². The van der Waals surface area contributed by atoms with Crippen LogP contribution in [0.5, 0.6) is 0 Å². The molecule has 1 aromatic rings. The van der Waals surface area contributed by atoms with Gasteiger partial charge in [-0.25, -0.2) is 0 Å². The van der Waals surface area contributed by atoms with E-state index in [1.165, 1.54) is 0 Å². The van der Waals surface area contributed by atoms with E-state index in [2.05, 4.69) is 21.2 Å². The second kappa shape index (κ2) is 6.20. The molecule has 0 unspecified atom stereocenters.